The predicted octanol–water partition coefficient (Wildman–Crippen LogP) is 2.69. The lowest BCUT2D eigenvalue weighted by molar-refractivity contribution is 0.0951. The number of likely N-dealkylation sites (tertiary alicyclic amines) is 1. The van der Waals surface area contributed by atoms with Crippen molar-refractivity contribution in [3.8, 4) is 0 Å². The van der Waals surface area contributed by atoms with Crippen LogP contribution in [-0.2, 0) is 6.54 Å². The number of nitrogens with one attached hydrogen (secondary N) is 3. The average molecular weight is 569 g/mol. The number of carbonyl (C=O) groups is 1. The highest BCUT2D eigenvalue weighted by molar-refractivity contribution is 14.0. The quantitative estimate of drug-likeness (QED) is 0.232. The Morgan fingerprint density at radius 2 is 1.94 bits per heavy atom. The van der Waals surface area contributed by atoms with Gasteiger partial charge >= 0.3 is 0 Å². The molecule has 0 radical (unpaired) electrons. The molecule has 33 heavy (non-hydrogen) atoms. The molecule has 3 rings (SSSR count). The first-order valence-electron chi connectivity index (χ1n) is 11.3. The first kappa shape index (κ1) is 27.1. The molecule has 1 aromatic heterocycles. The molecular weight excluding hydrogens is 531 g/mol. The fraction of sp³-hybridized carbons (Fsp3) is 0.500. The largest absolute Gasteiger partial charge is 0.468 e. The molecule has 0 bridgehead atoms. The summed E-state index contributed by atoms with van der Waals surface area (Å²) in [6, 6.07) is 11.8. The lowest BCUT2D eigenvalue weighted by Gasteiger charge is -2.26. The highest BCUT2D eigenvalue weighted by Crippen LogP contribution is 2.24. The van der Waals surface area contributed by atoms with Gasteiger partial charge in [0.1, 0.15) is 5.76 Å². The molecule has 0 aliphatic carbocycles. The molecule has 0 saturated carbocycles. The second-order valence-electron chi connectivity index (χ2n) is 8.34. The molecular formula is C24H37IN6O2. The highest BCUT2D eigenvalue weighted by atomic mass is 127. The maximum Gasteiger partial charge on any atom is 0.251 e. The molecule has 1 amide bonds. The standard InChI is InChI=1S/C24H36N6O2.HI/c1-25-24(28-18-21(22-10-7-15-32-22)30-12-4-5-13-30)27-17-19-8-6-9-20(16-19)23(31)26-11-14-29(2)3;/h6-10,15-16,21H,4-5,11-14,17-18H2,1-3H3,(H,26,31)(H2,25,27,28);1H. The number of halogens is 1. The van der Waals surface area contributed by atoms with Crippen LogP contribution in [0, 0.1) is 0 Å². The van der Waals surface area contributed by atoms with E-state index in [-0.39, 0.29) is 35.9 Å². The van der Waals surface area contributed by atoms with Gasteiger partial charge < -0.3 is 25.3 Å². The number of aliphatic imine (C=N–C) groups is 1. The van der Waals surface area contributed by atoms with Crippen LogP contribution >= 0.6 is 24.0 Å². The summed E-state index contributed by atoms with van der Waals surface area (Å²) >= 11 is 0. The van der Waals surface area contributed by atoms with Crippen molar-refractivity contribution < 1.29 is 9.21 Å². The van der Waals surface area contributed by atoms with E-state index in [4.69, 9.17) is 4.42 Å². The summed E-state index contributed by atoms with van der Waals surface area (Å²) in [6.07, 6.45) is 4.18. The van der Waals surface area contributed by atoms with Gasteiger partial charge in [0.05, 0.1) is 12.3 Å². The Morgan fingerprint density at radius 1 is 1.15 bits per heavy atom. The molecule has 3 N–H and O–H groups in total. The van der Waals surface area contributed by atoms with Gasteiger partial charge in [0.2, 0.25) is 0 Å². The maximum atomic E-state index is 12.4. The number of amides is 1. The van der Waals surface area contributed by atoms with Gasteiger partial charge in [-0.1, -0.05) is 12.1 Å². The Hall–Kier alpha value is -2.11. The lowest BCUT2D eigenvalue weighted by atomic mass is 10.1. The minimum absolute atomic E-state index is 0. The van der Waals surface area contributed by atoms with Gasteiger partial charge in [-0.3, -0.25) is 14.7 Å². The summed E-state index contributed by atoms with van der Waals surface area (Å²) in [5.74, 6) is 1.65. The van der Waals surface area contributed by atoms with E-state index < -0.39 is 0 Å². The number of likely N-dealkylation sites (N-methyl/N-ethyl adjacent to an activating group) is 1. The van der Waals surface area contributed by atoms with Gasteiger partial charge in [-0.05, 0) is 69.9 Å². The van der Waals surface area contributed by atoms with Crippen molar-refractivity contribution in [1.29, 1.82) is 0 Å². The van der Waals surface area contributed by atoms with Crippen LogP contribution in [-0.4, -0.2) is 75.5 Å². The summed E-state index contributed by atoms with van der Waals surface area (Å²) in [6.45, 7) is 4.89. The predicted molar refractivity (Wildman–Crippen MR) is 143 cm³/mol. The first-order valence-corrected chi connectivity index (χ1v) is 11.3. The van der Waals surface area contributed by atoms with Crippen LogP contribution < -0.4 is 16.0 Å². The molecule has 0 spiro atoms. The lowest BCUT2D eigenvalue weighted by Crippen LogP contribution is -2.42. The van der Waals surface area contributed by atoms with E-state index in [1.54, 1.807) is 13.3 Å². The zero-order chi connectivity index (χ0) is 22.8. The van der Waals surface area contributed by atoms with E-state index in [0.29, 0.717) is 25.2 Å². The van der Waals surface area contributed by atoms with Crippen LogP contribution in [0.2, 0.25) is 0 Å². The van der Waals surface area contributed by atoms with E-state index in [9.17, 15) is 4.79 Å². The Bertz CT molecular complexity index is 866. The fourth-order valence-electron chi connectivity index (χ4n) is 3.86. The number of rotatable bonds is 10. The molecule has 182 valence electrons. The first-order chi connectivity index (χ1) is 15.6. The van der Waals surface area contributed by atoms with E-state index in [1.165, 1.54) is 12.8 Å². The van der Waals surface area contributed by atoms with Gasteiger partial charge in [-0.2, -0.15) is 0 Å². The number of benzene rings is 1. The Labute approximate surface area is 214 Å². The van der Waals surface area contributed by atoms with Gasteiger partial charge in [0.15, 0.2) is 5.96 Å². The molecule has 1 aliphatic heterocycles. The Balaban J connectivity index is 0.00000385. The van der Waals surface area contributed by atoms with Gasteiger partial charge in [-0.25, -0.2) is 0 Å². The number of hydrogen-bond donors (Lipinski definition) is 3. The van der Waals surface area contributed by atoms with Gasteiger partial charge in [0, 0.05) is 38.8 Å². The van der Waals surface area contributed by atoms with Gasteiger partial charge in [0.25, 0.3) is 5.91 Å². The minimum atomic E-state index is -0.0527. The van der Waals surface area contributed by atoms with E-state index in [0.717, 1.165) is 36.9 Å². The molecule has 1 atom stereocenters. The van der Waals surface area contributed by atoms with Crippen molar-refractivity contribution in [2.75, 3.05) is 53.9 Å². The van der Waals surface area contributed by atoms with E-state index in [2.05, 4.69) is 25.8 Å². The Morgan fingerprint density at radius 3 is 2.61 bits per heavy atom. The summed E-state index contributed by atoms with van der Waals surface area (Å²) in [5.41, 5.74) is 1.69. The van der Waals surface area contributed by atoms with Crippen molar-refractivity contribution in [3.05, 3.63) is 59.5 Å². The number of carbonyl (C=O) groups excluding carboxylic acids is 1. The molecule has 1 aliphatic rings. The van der Waals surface area contributed by atoms with Crippen LogP contribution in [0.1, 0.15) is 40.6 Å². The normalized spacial score (nSPS) is 15.2. The zero-order valence-electron chi connectivity index (χ0n) is 19.8. The number of guanidine groups is 1. The summed E-state index contributed by atoms with van der Waals surface area (Å²) < 4.78 is 5.70. The van der Waals surface area contributed by atoms with Crippen molar-refractivity contribution in [3.63, 3.8) is 0 Å². The molecule has 1 saturated heterocycles. The molecule has 1 unspecified atom stereocenters. The van der Waals surface area contributed by atoms with Crippen LogP contribution in [0.15, 0.2) is 52.1 Å². The van der Waals surface area contributed by atoms with Crippen molar-refractivity contribution in [1.82, 2.24) is 25.8 Å². The molecule has 1 aromatic carbocycles. The van der Waals surface area contributed by atoms with E-state index in [1.807, 2.05) is 55.4 Å². The molecule has 2 heterocycles. The highest BCUT2D eigenvalue weighted by Gasteiger charge is 2.25. The minimum Gasteiger partial charge on any atom is -0.468 e. The third-order valence-corrected chi connectivity index (χ3v) is 5.63. The molecule has 8 nitrogen and oxygen atoms in total. The second kappa shape index (κ2) is 14.2. The maximum absolute atomic E-state index is 12.4. The fourth-order valence-corrected chi connectivity index (χ4v) is 3.86. The van der Waals surface area contributed by atoms with Crippen LogP contribution in [0.3, 0.4) is 0 Å². The molecule has 1 fully saturated rings. The van der Waals surface area contributed by atoms with Crippen LogP contribution in [0.5, 0.6) is 0 Å². The number of hydrogen-bond acceptors (Lipinski definition) is 5. The van der Waals surface area contributed by atoms with Crippen molar-refractivity contribution in [2.45, 2.75) is 25.4 Å². The molecule has 9 heteroatoms. The monoisotopic (exact) mass is 568 g/mol. The average Bonchev–Trinajstić information content (AvgIpc) is 3.51. The van der Waals surface area contributed by atoms with Crippen LogP contribution in [0.25, 0.3) is 0 Å². The summed E-state index contributed by atoms with van der Waals surface area (Å²) in [7, 11) is 5.74. The van der Waals surface area contributed by atoms with E-state index >= 15 is 0 Å². The number of nitrogens with zero attached hydrogens (tertiary/aromatic N) is 3. The topological polar surface area (TPSA) is 85.1 Å². The third kappa shape index (κ3) is 8.63. The zero-order valence-corrected chi connectivity index (χ0v) is 22.2. The third-order valence-electron chi connectivity index (χ3n) is 5.63. The Kier molecular flexibility index (Phi) is 11.7. The van der Waals surface area contributed by atoms with Crippen molar-refractivity contribution in [2.24, 2.45) is 4.99 Å². The number of furan rings is 1. The smallest absolute Gasteiger partial charge is 0.251 e. The second-order valence-corrected chi connectivity index (χ2v) is 8.34. The van der Waals surface area contributed by atoms with Crippen LogP contribution in [0.4, 0.5) is 0 Å². The summed E-state index contributed by atoms with van der Waals surface area (Å²) in [5, 5.41) is 9.74. The van der Waals surface area contributed by atoms with Crippen molar-refractivity contribution >= 4 is 35.8 Å². The van der Waals surface area contributed by atoms with Gasteiger partial charge in [-0.15, -0.1) is 24.0 Å². The summed E-state index contributed by atoms with van der Waals surface area (Å²) in [4.78, 5) is 21.2. The molecule has 2 aromatic rings. The SMILES string of the molecule is CN=C(NCc1cccc(C(=O)NCCN(C)C)c1)NCC(c1ccco1)N1CCCC1.I.